The zero-order valence-corrected chi connectivity index (χ0v) is 9.08. The zero-order chi connectivity index (χ0) is 10.8. The first-order valence-corrected chi connectivity index (χ1v) is 5.50. The second kappa shape index (κ2) is 9.05. The van der Waals surface area contributed by atoms with Gasteiger partial charge in [0.1, 0.15) is 0 Å². The van der Waals surface area contributed by atoms with Gasteiger partial charge in [0.15, 0.2) is 0 Å². The minimum atomic E-state index is -0.345. The molecule has 0 radical (unpaired) electrons. The van der Waals surface area contributed by atoms with Crippen molar-refractivity contribution in [2.24, 2.45) is 0 Å². The van der Waals surface area contributed by atoms with Crippen LogP contribution in [0.1, 0.15) is 51.9 Å². The molecule has 0 aliphatic rings. The van der Waals surface area contributed by atoms with E-state index in [2.05, 4.69) is 12.8 Å². The molecule has 0 aromatic heterocycles. The fourth-order valence-electron chi connectivity index (χ4n) is 1.36. The van der Waals surface area contributed by atoms with Crippen molar-refractivity contribution < 1.29 is 10.2 Å². The summed E-state index contributed by atoms with van der Waals surface area (Å²) >= 11 is 0. The average Bonchev–Trinajstić information content (AvgIpc) is 2.20. The maximum absolute atomic E-state index is 9.50. The Bertz CT molecular complexity index is 160. The van der Waals surface area contributed by atoms with E-state index in [0.29, 0.717) is 25.7 Å². The van der Waals surface area contributed by atoms with Crippen molar-refractivity contribution in [3.63, 3.8) is 0 Å². The van der Waals surface area contributed by atoms with E-state index >= 15 is 0 Å². The van der Waals surface area contributed by atoms with Crippen LogP contribution in [0.5, 0.6) is 0 Å². The van der Waals surface area contributed by atoms with Crippen molar-refractivity contribution in [2.45, 2.75) is 64.1 Å². The van der Waals surface area contributed by atoms with Gasteiger partial charge in [0.25, 0.3) is 0 Å². The predicted octanol–water partition coefficient (Wildman–Crippen LogP) is 2.09. The van der Waals surface area contributed by atoms with Crippen LogP contribution in [0.3, 0.4) is 0 Å². The summed E-state index contributed by atoms with van der Waals surface area (Å²) in [7, 11) is 0. The van der Waals surface area contributed by atoms with Crippen LogP contribution >= 0.6 is 0 Å². The Morgan fingerprint density at radius 2 is 1.64 bits per heavy atom. The molecule has 0 saturated heterocycles. The summed E-state index contributed by atoms with van der Waals surface area (Å²) < 4.78 is 0. The molecule has 0 bridgehead atoms. The highest BCUT2D eigenvalue weighted by molar-refractivity contribution is 4.84. The normalized spacial score (nSPS) is 14.7. The van der Waals surface area contributed by atoms with Gasteiger partial charge in [-0.1, -0.05) is 19.8 Å². The molecule has 0 saturated carbocycles. The topological polar surface area (TPSA) is 40.5 Å². The van der Waals surface area contributed by atoms with Crippen molar-refractivity contribution in [1.29, 1.82) is 0 Å². The largest absolute Gasteiger partial charge is 0.393 e. The molecule has 2 atom stereocenters. The van der Waals surface area contributed by atoms with Gasteiger partial charge < -0.3 is 10.2 Å². The molecule has 0 amide bonds. The number of rotatable bonds is 8. The molecule has 0 rings (SSSR count). The summed E-state index contributed by atoms with van der Waals surface area (Å²) in [5, 5.41) is 19.0. The third-order valence-electron chi connectivity index (χ3n) is 2.35. The molecule has 0 heterocycles. The Balaban J connectivity index is 3.36. The summed E-state index contributed by atoms with van der Waals surface area (Å²) in [6.07, 6.45) is 10.1. The molecular weight excluding hydrogens is 176 g/mol. The van der Waals surface area contributed by atoms with Crippen molar-refractivity contribution in [3.8, 4) is 12.3 Å². The Morgan fingerprint density at radius 1 is 1.07 bits per heavy atom. The van der Waals surface area contributed by atoms with Gasteiger partial charge in [-0.05, 0) is 25.7 Å². The van der Waals surface area contributed by atoms with Gasteiger partial charge in [-0.25, -0.2) is 0 Å². The van der Waals surface area contributed by atoms with E-state index in [-0.39, 0.29) is 12.2 Å². The molecule has 2 nitrogen and oxygen atoms in total. The standard InChI is InChI=1S/C12H22O2/c1-3-5-7-11(13)9-10-12(14)8-6-4-2/h1,11-14H,4-10H2,2H3. The summed E-state index contributed by atoms with van der Waals surface area (Å²) in [6.45, 7) is 2.11. The van der Waals surface area contributed by atoms with E-state index in [9.17, 15) is 10.2 Å². The van der Waals surface area contributed by atoms with Gasteiger partial charge in [-0.3, -0.25) is 0 Å². The second-order valence-corrected chi connectivity index (χ2v) is 3.77. The van der Waals surface area contributed by atoms with Gasteiger partial charge in [-0.2, -0.15) is 0 Å². The van der Waals surface area contributed by atoms with Crippen LogP contribution in [0, 0.1) is 12.3 Å². The lowest BCUT2D eigenvalue weighted by atomic mass is 10.0. The van der Waals surface area contributed by atoms with E-state index in [0.717, 1.165) is 19.3 Å². The minimum Gasteiger partial charge on any atom is -0.393 e. The van der Waals surface area contributed by atoms with E-state index in [1.165, 1.54) is 0 Å². The first-order chi connectivity index (χ1) is 6.70. The first kappa shape index (κ1) is 13.5. The lowest BCUT2D eigenvalue weighted by molar-refractivity contribution is 0.104. The molecule has 2 N–H and O–H groups in total. The Labute approximate surface area is 87.3 Å². The molecule has 14 heavy (non-hydrogen) atoms. The van der Waals surface area contributed by atoms with E-state index < -0.39 is 0 Å². The molecule has 0 aromatic carbocycles. The van der Waals surface area contributed by atoms with Crippen molar-refractivity contribution in [2.75, 3.05) is 0 Å². The maximum atomic E-state index is 9.50. The number of aliphatic hydroxyl groups excluding tert-OH is 2. The van der Waals surface area contributed by atoms with Gasteiger partial charge >= 0.3 is 0 Å². The number of hydrogen-bond acceptors (Lipinski definition) is 2. The van der Waals surface area contributed by atoms with Gasteiger partial charge in [0.05, 0.1) is 12.2 Å². The van der Waals surface area contributed by atoms with E-state index in [4.69, 9.17) is 6.42 Å². The van der Waals surface area contributed by atoms with Crippen molar-refractivity contribution in [3.05, 3.63) is 0 Å². The smallest absolute Gasteiger partial charge is 0.0550 e. The molecule has 2 heteroatoms. The number of aliphatic hydroxyl groups is 2. The van der Waals surface area contributed by atoms with Gasteiger partial charge in [0, 0.05) is 6.42 Å². The van der Waals surface area contributed by atoms with Crippen LogP contribution < -0.4 is 0 Å². The molecule has 0 aliphatic heterocycles. The predicted molar refractivity (Wildman–Crippen MR) is 58.8 cm³/mol. The SMILES string of the molecule is C#CCCC(O)CCC(O)CCCC. The fraction of sp³-hybridized carbons (Fsp3) is 0.833. The minimum absolute atomic E-state index is 0.254. The number of hydrogen-bond donors (Lipinski definition) is 2. The molecule has 82 valence electrons. The number of unbranched alkanes of at least 4 members (excludes halogenated alkanes) is 1. The van der Waals surface area contributed by atoms with Gasteiger partial charge in [-0.15, -0.1) is 12.3 Å². The fourth-order valence-corrected chi connectivity index (χ4v) is 1.36. The summed E-state index contributed by atoms with van der Waals surface area (Å²) in [6, 6.07) is 0. The highest BCUT2D eigenvalue weighted by atomic mass is 16.3. The van der Waals surface area contributed by atoms with Crippen LogP contribution in [0.4, 0.5) is 0 Å². The first-order valence-electron chi connectivity index (χ1n) is 5.50. The van der Waals surface area contributed by atoms with Crippen LogP contribution in [0.25, 0.3) is 0 Å². The van der Waals surface area contributed by atoms with Gasteiger partial charge in [0.2, 0.25) is 0 Å². The third kappa shape index (κ3) is 8.10. The molecule has 0 fully saturated rings. The summed E-state index contributed by atoms with van der Waals surface area (Å²) in [5.74, 6) is 2.50. The van der Waals surface area contributed by atoms with E-state index in [1.54, 1.807) is 0 Å². The Hall–Kier alpha value is -0.520. The van der Waals surface area contributed by atoms with Crippen LogP contribution in [0.15, 0.2) is 0 Å². The molecule has 2 unspecified atom stereocenters. The lowest BCUT2D eigenvalue weighted by Gasteiger charge is -2.12. The van der Waals surface area contributed by atoms with Crippen molar-refractivity contribution in [1.82, 2.24) is 0 Å². The molecule has 0 aliphatic carbocycles. The van der Waals surface area contributed by atoms with Crippen LogP contribution in [-0.4, -0.2) is 22.4 Å². The average molecular weight is 198 g/mol. The molecule has 0 spiro atoms. The monoisotopic (exact) mass is 198 g/mol. The maximum Gasteiger partial charge on any atom is 0.0550 e. The third-order valence-corrected chi connectivity index (χ3v) is 2.35. The second-order valence-electron chi connectivity index (χ2n) is 3.77. The summed E-state index contributed by atoms with van der Waals surface area (Å²) in [4.78, 5) is 0. The Kier molecular flexibility index (Phi) is 8.72. The lowest BCUT2D eigenvalue weighted by Crippen LogP contribution is -2.13. The number of terminal acetylenes is 1. The summed E-state index contributed by atoms with van der Waals surface area (Å²) in [5.41, 5.74) is 0. The van der Waals surface area contributed by atoms with Crippen molar-refractivity contribution >= 4 is 0 Å². The zero-order valence-electron chi connectivity index (χ0n) is 9.08. The highest BCUT2D eigenvalue weighted by Crippen LogP contribution is 2.10. The molecular formula is C12H22O2. The van der Waals surface area contributed by atoms with Crippen LogP contribution in [0.2, 0.25) is 0 Å². The molecule has 0 aromatic rings. The Morgan fingerprint density at radius 3 is 2.14 bits per heavy atom. The van der Waals surface area contributed by atoms with E-state index in [1.807, 2.05) is 0 Å². The van der Waals surface area contributed by atoms with Crippen LogP contribution in [-0.2, 0) is 0 Å². The highest BCUT2D eigenvalue weighted by Gasteiger charge is 2.08. The quantitative estimate of drug-likeness (QED) is 0.586.